The molecule has 156 valence electrons. The van der Waals surface area contributed by atoms with Crippen molar-refractivity contribution < 1.29 is 18.7 Å². The number of hydrogen-bond acceptors (Lipinski definition) is 3. The Morgan fingerprint density at radius 2 is 1.83 bits per heavy atom. The number of halogens is 2. The molecule has 0 fully saturated rings. The van der Waals surface area contributed by atoms with E-state index in [4.69, 9.17) is 16.3 Å². The first-order chi connectivity index (χ1) is 14.0. The molecule has 0 spiro atoms. The average molecular weight is 421 g/mol. The molecule has 0 aliphatic rings. The van der Waals surface area contributed by atoms with E-state index in [0.717, 1.165) is 12.0 Å². The number of nitrogens with one attached hydrogen (secondary N) is 1. The van der Waals surface area contributed by atoms with Gasteiger partial charge in [0.15, 0.2) is 18.2 Å². The van der Waals surface area contributed by atoms with Crippen LogP contribution in [0.5, 0.6) is 5.75 Å². The van der Waals surface area contributed by atoms with E-state index in [1.165, 1.54) is 17.0 Å². The van der Waals surface area contributed by atoms with Gasteiger partial charge in [0.1, 0.15) is 6.04 Å². The Balaban J connectivity index is 2.19. The van der Waals surface area contributed by atoms with Gasteiger partial charge < -0.3 is 15.0 Å². The molecule has 0 bridgehead atoms. The number of amides is 2. The van der Waals surface area contributed by atoms with E-state index in [1.807, 2.05) is 13.8 Å². The van der Waals surface area contributed by atoms with Crippen LogP contribution in [0.25, 0.3) is 0 Å². The summed E-state index contributed by atoms with van der Waals surface area (Å²) in [5, 5.41) is 3.43. The van der Waals surface area contributed by atoms with Crippen molar-refractivity contribution in [2.75, 3.05) is 13.2 Å². The highest BCUT2D eigenvalue weighted by molar-refractivity contribution is 6.30. The van der Waals surface area contributed by atoms with Gasteiger partial charge in [0, 0.05) is 18.1 Å². The Kier molecular flexibility index (Phi) is 8.93. The van der Waals surface area contributed by atoms with Gasteiger partial charge in [0.25, 0.3) is 5.91 Å². The van der Waals surface area contributed by atoms with Gasteiger partial charge in [-0.3, -0.25) is 9.59 Å². The van der Waals surface area contributed by atoms with E-state index in [-0.39, 0.29) is 24.8 Å². The SMILES string of the molecule is CCCNC(=O)[C@@H](CC)N(Cc1ccc(Cl)cc1)C(=O)COc1ccccc1F. The lowest BCUT2D eigenvalue weighted by Crippen LogP contribution is -2.50. The van der Waals surface area contributed by atoms with E-state index < -0.39 is 17.8 Å². The third-order valence-electron chi connectivity index (χ3n) is 4.39. The van der Waals surface area contributed by atoms with E-state index in [9.17, 15) is 14.0 Å². The molecule has 0 saturated carbocycles. The third kappa shape index (κ3) is 6.75. The van der Waals surface area contributed by atoms with E-state index in [0.29, 0.717) is 18.0 Å². The maximum absolute atomic E-state index is 13.8. The van der Waals surface area contributed by atoms with Crippen molar-refractivity contribution in [3.8, 4) is 5.75 Å². The lowest BCUT2D eigenvalue weighted by Gasteiger charge is -2.30. The van der Waals surface area contributed by atoms with Gasteiger partial charge in [-0.1, -0.05) is 49.7 Å². The van der Waals surface area contributed by atoms with Gasteiger partial charge >= 0.3 is 0 Å². The number of nitrogens with zero attached hydrogens (tertiary/aromatic N) is 1. The number of ether oxygens (including phenoxy) is 1. The summed E-state index contributed by atoms with van der Waals surface area (Å²) >= 11 is 5.94. The molecule has 0 saturated heterocycles. The van der Waals surface area contributed by atoms with Crippen LogP contribution in [0.15, 0.2) is 48.5 Å². The average Bonchev–Trinajstić information content (AvgIpc) is 2.72. The number of carbonyl (C=O) groups excluding carboxylic acids is 2. The van der Waals surface area contributed by atoms with Gasteiger partial charge in [0.05, 0.1) is 0 Å². The zero-order valence-corrected chi connectivity index (χ0v) is 17.4. The van der Waals surface area contributed by atoms with E-state index in [2.05, 4.69) is 5.32 Å². The summed E-state index contributed by atoms with van der Waals surface area (Å²) in [6.07, 6.45) is 1.23. The minimum Gasteiger partial charge on any atom is -0.481 e. The largest absolute Gasteiger partial charge is 0.481 e. The van der Waals surface area contributed by atoms with Gasteiger partial charge in [-0.2, -0.15) is 0 Å². The Morgan fingerprint density at radius 3 is 2.45 bits per heavy atom. The monoisotopic (exact) mass is 420 g/mol. The smallest absolute Gasteiger partial charge is 0.261 e. The number of carbonyl (C=O) groups is 2. The maximum atomic E-state index is 13.8. The highest BCUT2D eigenvalue weighted by Gasteiger charge is 2.28. The molecule has 7 heteroatoms. The summed E-state index contributed by atoms with van der Waals surface area (Å²) in [4.78, 5) is 27.0. The normalized spacial score (nSPS) is 11.6. The van der Waals surface area contributed by atoms with Crippen LogP contribution in [-0.4, -0.2) is 35.9 Å². The molecule has 0 aromatic heterocycles. The first kappa shape index (κ1) is 22.7. The van der Waals surface area contributed by atoms with Crippen LogP contribution in [0, 0.1) is 5.82 Å². The molecule has 29 heavy (non-hydrogen) atoms. The highest BCUT2D eigenvalue weighted by Crippen LogP contribution is 2.18. The predicted molar refractivity (Wildman–Crippen MR) is 111 cm³/mol. The fourth-order valence-corrected chi connectivity index (χ4v) is 2.98. The quantitative estimate of drug-likeness (QED) is 0.627. The molecule has 0 heterocycles. The molecule has 0 radical (unpaired) electrons. The van der Waals surface area contributed by atoms with Crippen molar-refractivity contribution in [3.63, 3.8) is 0 Å². The number of benzene rings is 2. The Morgan fingerprint density at radius 1 is 1.14 bits per heavy atom. The molecule has 1 atom stereocenters. The van der Waals surface area contributed by atoms with Gasteiger partial charge in [-0.15, -0.1) is 0 Å². The zero-order chi connectivity index (χ0) is 21.2. The second kappa shape index (κ2) is 11.4. The van der Waals surface area contributed by atoms with Crippen molar-refractivity contribution in [3.05, 3.63) is 64.9 Å². The van der Waals surface area contributed by atoms with Gasteiger partial charge in [-0.05, 0) is 42.7 Å². The van der Waals surface area contributed by atoms with Crippen LogP contribution in [0.4, 0.5) is 4.39 Å². The molecule has 5 nitrogen and oxygen atoms in total. The fourth-order valence-electron chi connectivity index (χ4n) is 2.86. The maximum Gasteiger partial charge on any atom is 0.261 e. The lowest BCUT2D eigenvalue weighted by molar-refractivity contribution is -0.143. The van der Waals surface area contributed by atoms with Crippen LogP contribution < -0.4 is 10.1 Å². The first-order valence-electron chi connectivity index (χ1n) is 9.65. The molecule has 0 aliphatic heterocycles. The summed E-state index contributed by atoms with van der Waals surface area (Å²) in [5.41, 5.74) is 0.829. The molecular weight excluding hydrogens is 395 g/mol. The molecule has 0 unspecified atom stereocenters. The molecule has 2 amide bonds. The van der Waals surface area contributed by atoms with Crippen molar-refractivity contribution in [2.24, 2.45) is 0 Å². The van der Waals surface area contributed by atoms with Crippen LogP contribution in [0.1, 0.15) is 32.3 Å². The molecule has 0 aliphatic carbocycles. The van der Waals surface area contributed by atoms with E-state index in [1.54, 1.807) is 36.4 Å². The lowest BCUT2D eigenvalue weighted by atomic mass is 10.1. The van der Waals surface area contributed by atoms with Crippen LogP contribution >= 0.6 is 11.6 Å². The molecular formula is C22H26ClFN2O3. The van der Waals surface area contributed by atoms with E-state index >= 15 is 0 Å². The Hall–Kier alpha value is -2.60. The Labute approximate surface area is 175 Å². The number of para-hydroxylation sites is 1. The number of hydrogen-bond donors (Lipinski definition) is 1. The summed E-state index contributed by atoms with van der Waals surface area (Å²) in [7, 11) is 0. The summed E-state index contributed by atoms with van der Waals surface area (Å²) < 4.78 is 19.2. The molecule has 2 rings (SSSR count). The van der Waals surface area contributed by atoms with Crippen LogP contribution in [0.2, 0.25) is 5.02 Å². The molecule has 1 N–H and O–H groups in total. The highest BCUT2D eigenvalue weighted by atomic mass is 35.5. The van der Waals surface area contributed by atoms with Crippen LogP contribution in [-0.2, 0) is 16.1 Å². The standard InChI is InChI=1S/C22H26ClFN2O3/c1-3-13-25-22(28)19(4-2)26(14-16-9-11-17(23)12-10-16)21(27)15-29-20-8-6-5-7-18(20)24/h5-12,19H,3-4,13-15H2,1-2H3,(H,25,28)/t19-/m1/s1. The van der Waals surface area contributed by atoms with Crippen molar-refractivity contribution >= 4 is 23.4 Å². The van der Waals surface area contributed by atoms with Gasteiger partial charge in [0.2, 0.25) is 5.91 Å². The third-order valence-corrected chi connectivity index (χ3v) is 4.64. The number of rotatable bonds is 10. The second-order valence-corrected chi connectivity index (χ2v) is 7.02. The Bertz CT molecular complexity index is 814. The zero-order valence-electron chi connectivity index (χ0n) is 16.7. The second-order valence-electron chi connectivity index (χ2n) is 6.58. The van der Waals surface area contributed by atoms with Crippen molar-refractivity contribution in [1.82, 2.24) is 10.2 Å². The summed E-state index contributed by atoms with van der Waals surface area (Å²) in [6.45, 7) is 4.18. The summed E-state index contributed by atoms with van der Waals surface area (Å²) in [5.74, 6) is -1.17. The summed E-state index contributed by atoms with van der Waals surface area (Å²) in [6, 6.07) is 12.3. The minimum atomic E-state index is -0.658. The van der Waals surface area contributed by atoms with Gasteiger partial charge in [-0.25, -0.2) is 4.39 Å². The van der Waals surface area contributed by atoms with Crippen molar-refractivity contribution in [2.45, 2.75) is 39.3 Å². The molecule has 2 aromatic carbocycles. The minimum absolute atomic E-state index is 0.00391. The first-order valence-corrected chi connectivity index (χ1v) is 10.0. The predicted octanol–water partition coefficient (Wildman–Crippen LogP) is 4.19. The molecule has 2 aromatic rings. The fraction of sp³-hybridized carbons (Fsp3) is 0.364. The van der Waals surface area contributed by atoms with Crippen molar-refractivity contribution in [1.29, 1.82) is 0 Å². The topological polar surface area (TPSA) is 58.6 Å². The van der Waals surface area contributed by atoms with Crippen LogP contribution in [0.3, 0.4) is 0 Å².